The van der Waals surface area contributed by atoms with E-state index in [1.165, 1.54) is 4.68 Å². The normalized spacial score (nSPS) is 10.1. The Bertz CT molecular complexity index is 274. The molecule has 52 valence electrons. The highest BCUT2D eigenvalue weighted by Crippen LogP contribution is 1.92. The van der Waals surface area contributed by atoms with Crippen molar-refractivity contribution in [2.75, 3.05) is 0 Å². The molecule has 0 aliphatic carbocycles. The number of H-pyrrole nitrogens is 1. The Morgan fingerprint density at radius 2 is 2.11 bits per heavy atom. The van der Waals surface area contributed by atoms with Gasteiger partial charge in [0.2, 0.25) is 0 Å². The van der Waals surface area contributed by atoms with Crippen molar-refractivity contribution in [1.29, 1.82) is 0 Å². The zero-order chi connectivity index (χ0) is 7.02. The van der Waals surface area contributed by atoms with Crippen molar-refractivity contribution >= 4 is 0 Å². The van der Waals surface area contributed by atoms with E-state index in [4.69, 9.17) is 0 Å². The zero-order valence-corrected chi connectivity index (χ0v) is 5.86. The van der Waals surface area contributed by atoms with Crippen molar-refractivity contribution in [2.45, 2.75) is 13.8 Å². The van der Waals surface area contributed by atoms with Crippen LogP contribution >= 0.6 is 0 Å². The molecule has 0 saturated carbocycles. The Labute approximate surface area is 54.8 Å². The average Bonchev–Trinajstić information content (AvgIpc) is 1.98. The third-order valence-electron chi connectivity index (χ3n) is 1.52. The van der Waals surface area contributed by atoms with E-state index in [-0.39, 0.29) is 6.99 Å². The van der Waals surface area contributed by atoms with E-state index >= 15 is 0 Å². The minimum Gasteiger partial charge on any atom is -0.300 e. The van der Waals surface area contributed by atoms with Crippen LogP contribution in [0.1, 0.15) is 12.7 Å². The second kappa shape index (κ2) is 1.76. The third-order valence-corrected chi connectivity index (χ3v) is 1.52. The van der Waals surface area contributed by atoms with Crippen molar-refractivity contribution in [2.24, 2.45) is 7.05 Å². The first kappa shape index (κ1) is 6.13. The summed E-state index contributed by atoms with van der Waals surface area (Å²) in [6.45, 7) is 3.70. The molecule has 0 saturated heterocycles. The first-order chi connectivity index (χ1) is 4.13. The summed E-state index contributed by atoms with van der Waals surface area (Å²) in [6.07, 6.45) is 0. The number of rotatable bonds is 0. The fourth-order valence-electron chi connectivity index (χ4n) is 0.798. The lowest BCUT2D eigenvalue weighted by Gasteiger charge is -1.83. The second-order valence-electron chi connectivity index (χ2n) is 2.23. The van der Waals surface area contributed by atoms with Crippen molar-refractivity contribution in [1.82, 2.24) is 9.78 Å². The molecule has 0 aromatic carbocycles. The quantitative estimate of drug-likeness (QED) is 0.545. The molecular formula is C6H12N2O. The molecule has 0 aliphatic rings. The second-order valence-corrected chi connectivity index (χ2v) is 2.23. The fraction of sp³-hybridized carbons (Fsp3) is 0.500. The minimum atomic E-state index is 0. The van der Waals surface area contributed by atoms with Gasteiger partial charge in [-0.05, 0) is 13.8 Å². The van der Waals surface area contributed by atoms with Crippen LogP contribution in [0.25, 0.3) is 0 Å². The Morgan fingerprint density at radius 3 is 2.22 bits per heavy atom. The number of aromatic amines is 1. The molecule has 0 bridgehead atoms. The van der Waals surface area contributed by atoms with E-state index in [2.05, 4.69) is 5.10 Å². The van der Waals surface area contributed by atoms with E-state index in [1.807, 2.05) is 13.8 Å². The van der Waals surface area contributed by atoms with Crippen LogP contribution in [-0.2, 0) is 7.05 Å². The lowest BCUT2D eigenvalue weighted by atomic mass is 10.3. The van der Waals surface area contributed by atoms with E-state index in [0.29, 0.717) is 0 Å². The monoisotopic (exact) mass is 128 g/mol. The van der Waals surface area contributed by atoms with Crippen LogP contribution in [0.3, 0.4) is 0 Å². The summed E-state index contributed by atoms with van der Waals surface area (Å²) in [5, 5.41) is 2.88. The average molecular weight is 128 g/mol. The van der Waals surface area contributed by atoms with E-state index < -0.39 is 0 Å². The van der Waals surface area contributed by atoms with Crippen LogP contribution in [0.5, 0.6) is 0 Å². The molecule has 1 N–H and O–H groups in total. The fourth-order valence-corrected chi connectivity index (χ4v) is 0.798. The molecule has 1 aromatic rings. The highest BCUT2D eigenvalue weighted by molar-refractivity contribution is 5.12. The number of nitrogens with one attached hydrogen (secondary N) is 1. The Balaban J connectivity index is 0.000000810. The van der Waals surface area contributed by atoms with Gasteiger partial charge in [-0.25, -0.2) is 0 Å². The van der Waals surface area contributed by atoms with Crippen molar-refractivity contribution in [3.63, 3.8) is 0 Å². The summed E-state index contributed by atoms with van der Waals surface area (Å²) in [6, 6.07) is 0. The van der Waals surface area contributed by atoms with Crippen LogP contribution in [-0.4, -0.2) is 9.78 Å². The number of nitrogens with zero attached hydrogens (tertiary/aromatic N) is 1. The summed E-state index contributed by atoms with van der Waals surface area (Å²) < 4.78 is 1.48. The molecule has 0 atom stereocenters. The molecule has 0 unspecified atom stereocenters. The number of aromatic nitrogens is 2. The molecule has 1 heterocycles. The van der Waals surface area contributed by atoms with Gasteiger partial charge in [-0.1, -0.05) is 0 Å². The van der Waals surface area contributed by atoms with Gasteiger partial charge in [0.15, 0.2) is 0 Å². The molecule has 0 radical (unpaired) electrons. The van der Waals surface area contributed by atoms with Gasteiger partial charge >= 0.3 is 0 Å². The van der Waals surface area contributed by atoms with Crippen molar-refractivity contribution < 1.29 is 1.43 Å². The molecule has 3 heteroatoms. The van der Waals surface area contributed by atoms with Crippen molar-refractivity contribution in [3.8, 4) is 0 Å². The smallest absolute Gasteiger partial charge is 0.269 e. The summed E-state index contributed by atoms with van der Waals surface area (Å²) in [4.78, 5) is 10.9. The van der Waals surface area contributed by atoms with Gasteiger partial charge in [-0.15, -0.1) is 0 Å². The maximum absolute atomic E-state index is 10.9. The highest BCUT2D eigenvalue weighted by atomic mass is 16.1. The molecule has 0 amide bonds. The molecule has 0 aliphatic heterocycles. The SMILES string of the molecule is Cc1[nH]n(C)c(=O)c1C.[HH]. The van der Waals surface area contributed by atoms with Gasteiger partial charge in [-0.2, -0.15) is 0 Å². The number of aryl methyl sites for hydroxylation is 2. The Hall–Kier alpha value is -0.990. The molecular weight excluding hydrogens is 116 g/mol. The van der Waals surface area contributed by atoms with Gasteiger partial charge in [0.25, 0.3) is 5.56 Å². The lowest BCUT2D eigenvalue weighted by Crippen LogP contribution is -2.12. The van der Waals surface area contributed by atoms with Gasteiger partial charge in [0.1, 0.15) is 0 Å². The highest BCUT2D eigenvalue weighted by Gasteiger charge is 2.00. The predicted octanol–water partition coefficient (Wildman–Crippen LogP) is 0.576. The largest absolute Gasteiger partial charge is 0.300 e. The molecule has 0 spiro atoms. The minimum absolute atomic E-state index is 0. The first-order valence-electron chi connectivity index (χ1n) is 2.85. The molecule has 1 rings (SSSR count). The topological polar surface area (TPSA) is 37.8 Å². The maximum Gasteiger partial charge on any atom is 0.269 e. The van der Waals surface area contributed by atoms with E-state index in [0.717, 1.165) is 11.3 Å². The Kier molecular flexibility index (Phi) is 1.20. The molecule has 3 nitrogen and oxygen atoms in total. The molecule has 1 aromatic heterocycles. The summed E-state index contributed by atoms with van der Waals surface area (Å²) in [7, 11) is 1.71. The van der Waals surface area contributed by atoms with E-state index in [1.54, 1.807) is 7.05 Å². The van der Waals surface area contributed by atoms with Gasteiger partial charge < -0.3 is 0 Å². The standard InChI is InChI=1S/C6H10N2O.H2/c1-4-5(2)7-8(3)6(4)9;/h7H,1-3H3;1H. The lowest BCUT2D eigenvalue weighted by molar-refractivity contribution is 0.730. The molecule has 9 heavy (non-hydrogen) atoms. The zero-order valence-electron chi connectivity index (χ0n) is 5.86. The maximum atomic E-state index is 10.9. The predicted molar refractivity (Wildman–Crippen MR) is 37.6 cm³/mol. The van der Waals surface area contributed by atoms with E-state index in [9.17, 15) is 4.79 Å². The third kappa shape index (κ3) is 0.781. The summed E-state index contributed by atoms with van der Waals surface area (Å²) >= 11 is 0. The van der Waals surface area contributed by atoms with Crippen molar-refractivity contribution in [3.05, 3.63) is 21.6 Å². The van der Waals surface area contributed by atoms with Crippen LogP contribution in [0.15, 0.2) is 4.79 Å². The van der Waals surface area contributed by atoms with Crippen LogP contribution in [0.4, 0.5) is 0 Å². The van der Waals surface area contributed by atoms with Crippen LogP contribution < -0.4 is 5.56 Å². The van der Waals surface area contributed by atoms with Gasteiger partial charge in [-0.3, -0.25) is 14.6 Å². The van der Waals surface area contributed by atoms with Gasteiger partial charge in [0, 0.05) is 19.7 Å². The van der Waals surface area contributed by atoms with Gasteiger partial charge in [0.05, 0.1) is 0 Å². The Morgan fingerprint density at radius 1 is 1.56 bits per heavy atom. The molecule has 0 fully saturated rings. The first-order valence-corrected chi connectivity index (χ1v) is 2.85. The summed E-state index contributed by atoms with van der Waals surface area (Å²) in [5.74, 6) is 0. The number of hydrogen-bond donors (Lipinski definition) is 1. The number of hydrogen-bond acceptors (Lipinski definition) is 1. The van der Waals surface area contributed by atoms with Crippen LogP contribution in [0.2, 0.25) is 0 Å². The van der Waals surface area contributed by atoms with Crippen LogP contribution in [0, 0.1) is 13.8 Å². The summed E-state index contributed by atoms with van der Waals surface area (Å²) in [5.41, 5.74) is 1.81.